The summed E-state index contributed by atoms with van der Waals surface area (Å²) >= 11 is 0. The first kappa shape index (κ1) is 13.9. The van der Waals surface area contributed by atoms with E-state index in [1.165, 1.54) is 10.4 Å². The molecule has 1 aromatic rings. The molecule has 4 nitrogen and oxygen atoms in total. The number of sulfonamides is 1. The van der Waals surface area contributed by atoms with Gasteiger partial charge in [0.15, 0.2) is 0 Å². The number of nitrogens with zero attached hydrogens (tertiary/aromatic N) is 1. The van der Waals surface area contributed by atoms with Crippen molar-refractivity contribution in [1.82, 2.24) is 4.31 Å². The van der Waals surface area contributed by atoms with Crippen molar-refractivity contribution in [3.8, 4) is 0 Å². The van der Waals surface area contributed by atoms with E-state index in [9.17, 15) is 12.8 Å². The summed E-state index contributed by atoms with van der Waals surface area (Å²) in [6, 6.07) is 2.32. The van der Waals surface area contributed by atoms with Crippen LogP contribution >= 0.6 is 0 Å². The Balaban J connectivity index is 3.38. The Labute approximate surface area is 101 Å². The van der Waals surface area contributed by atoms with Gasteiger partial charge in [-0.25, -0.2) is 12.8 Å². The molecular weight excluding hydrogens is 243 g/mol. The number of benzene rings is 1. The predicted molar refractivity (Wildman–Crippen MR) is 65.7 cm³/mol. The van der Waals surface area contributed by atoms with Gasteiger partial charge in [-0.15, -0.1) is 0 Å². The van der Waals surface area contributed by atoms with Crippen LogP contribution in [0.15, 0.2) is 17.0 Å². The summed E-state index contributed by atoms with van der Waals surface area (Å²) in [5.74, 6) is -0.596. The second kappa shape index (κ2) is 5.01. The lowest BCUT2D eigenvalue weighted by atomic mass is 10.2. The molecule has 0 fully saturated rings. The molecule has 0 spiro atoms. The normalized spacial score (nSPS) is 12.1. The summed E-state index contributed by atoms with van der Waals surface area (Å²) < 4.78 is 38.9. The molecule has 1 rings (SSSR count). The van der Waals surface area contributed by atoms with Crippen LogP contribution in [0.1, 0.15) is 19.4 Å². The lowest BCUT2D eigenvalue weighted by Crippen LogP contribution is -2.31. The summed E-state index contributed by atoms with van der Waals surface area (Å²) in [5.41, 5.74) is 5.62. The van der Waals surface area contributed by atoms with Crippen LogP contribution in [0.3, 0.4) is 0 Å². The molecule has 0 bridgehead atoms. The molecule has 0 aliphatic rings. The van der Waals surface area contributed by atoms with Crippen molar-refractivity contribution in [3.05, 3.63) is 23.5 Å². The molecule has 0 atom stereocenters. The van der Waals surface area contributed by atoms with Gasteiger partial charge >= 0.3 is 0 Å². The van der Waals surface area contributed by atoms with Crippen LogP contribution < -0.4 is 5.73 Å². The molecule has 2 N–H and O–H groups in total. The highest BCUT2D eigenvalue weighted by molar-refractivity contribution is 7.89. The van der Waals surface area contributed by atoms with Gasteiger partial charge in [-0.2, -0.15) is 4.31 Å². The van der Waals surface area contributed by atoms with E-state index in [-0.39, 0.29) is 10.6 Å². The van der Waals surface area contributed by atoms with Gasteiger partial charge in [0.1, 0.15) is 5.82 Å². The topological polar surface area (TPSA) is 63.4 Å². The molecule has 1 aromatic carbocycles. The maximum atomic E-state index is 13.2. The summed E-state index contributed by atoms with van der Waals surface area (Å²) in [4.78, 5) is 0.0695. The molecule has 6 heteroatoms. The molecule has 0 amide bonds. The third-order valence-corrected chi connectivity index (χ3v) is 4.81. The van der Waals surface area contributed by atoms with E-state index in [4.69, 9.17) is 5.73 Å². The SMILES string of the molecule is CCN(CC)S(=O)(=O)c1cc(N)c(F)cc1C. The lowest BCUT2D eigenvalue weighted by Gasteiger charge is -2.20. The second-order valence-corrected chi connectivity index (χ2v) is 5.63. The molecule has 0 aromatic heterocycles. The Morgan fingerprint density at radius 3 is 2.29 bits per heavy atom. The third-order valence-electron chi connectivity index (χ3n) is 2.62. The molecule has 0 heterocycles. The fourth-order valence-corrected chi connectivity index (χ4v) is 3.35. The zero-order valence-electron chi connectivity index (χ0n) is 10.2. The zero-order chi connectivity index (χ0) is 13.2. The van der Waals surface area contributed by atoms with E-state index >= 15 is 0 Å². The first-order valence-corrected chi connectivity index (χ1v) is 6.84. The van der Waals surface area contributed by atoms with E-state index in [1.807, 2.05) is 0 Å². The Hall–Kier alpha value is -1.14. The first-order chi connectivity index (χ1) is 7.84. The van der Waals surface area contributed by atoms with Gasteiger partial charge in [-0.05, 0) is 24.6 Å². The fourth-order valence-electron chi connectivity index (χ4n) is 1.65. The number of aryl methyl sites for hydroxylation is 1. The average molecular weight is 260 g/mol. The van der Waals surface area contributed by atoms with Crippen LogP contribution in [-0.4, -0.2) is 25.8 Å². The number of anilines is 1. The van der Waals surface area contributed by atoms with Crippen LogP contribution in [0, 0.1) is 12.7 Å². The van der Waals surface area contributed by atoms with Crippen molar-refractivity contribution in [1.29, 1.82) is 0 Å². The van der Waals surface area contributed by atoms with E-state index in [2.05, 4.69) is 0 Å². The summed E-state index contributed by atoms with van der Waals surface area (Å²) in [5, 5.41) is 0. The first-order valence-electron chi connectivity index (χ1n) is 5.40. The third kappa shape index (κ3) is 2.58. The molecule has 0 radical (unpaired) electrons. The molecule has 0 aliphatic carbocycles. The van der Waals surface area contributed by atoms with Crippen LogP contribution in [0.4, 0.5) is 10.1 Å². The van der Waals surface area contributed by atoms with Crippen molar-refractivity contribution in [2.75, 3.05) is 18.8 Å². The molecule has 17 heavy (non-hydrogen) atoms. The van der Waals surface area contributed by atoms with Crippen molar-refractivity contribution in [2.45, 2.75) is 25.7 Å². The van der Waals surface area contributed by atoms with Crippen LogP contribution in [0.2, 0.25) is 0 Å². The highest BCUT2D eigenvalue weighted by Gasteiger charge is 2.24. The van der Waals surface area contributed by atoms with Gasteiger partial charge in [0, 0.05) is 13.1 Å². The summed E-state index contributed by atoms with van der Waals surface area (Å²) in [7, 11) is -3.58. The van der Waals surface area contributed by atoms with Crippen LogP contribution in [-0.2, 0) is 10.0 Å². The average Bonchev–Trinajstić information content (AvgIpc) is 2.24. The molecule has 0 aliphatic heterocycles. The van der Waals surface area contributed by atoms with Crippen molar-refractivity contribution in [3.63, 3.8) is 0 Å². The van der Waals surface area contributed by atoms with E-state index in [1.54, 1.807) is 20.8 Å². The Morgan fingerprint density at radius 2 is 1.82 bits per heavy atom. The Morgan fingerprint density at radius 1 is 1.29 bits per heavy atom. The van der Waals surface area contributed by atoms with Gasteiger partial charge in [-0.3, -0.25) is 0 Å². The minimum atomic E-state index is -3.58. The van der Waals surface area contributed by atoms with Crippen molar-refractivity contribution in [2.24, 2.45) is 0 Å². The van der Waals surface area contributed by atoms with Crippen molar-refractivity contribution < 1.29 is 12.8 Å². The second-order valence-electron chi connectivity index (χ2n) is 3.73. The quantitative estimate of drug-likeness (QED) is 0.839. The summed E-state index contributed by atoms with van der Waals surface area (Å²) in [6.45, 7) is 5.80. The fraction of sp³-hybridized carbons (Fsp3) is 0.455. The minimum absolute atomic E-state index is 0.0695. The molecule has 0 saturated heterocycles. The standard InChI is InChI=1S/C11H17FN2O2S/c1-4-14(5-2)17(15,16)11-7-10(13)9(12)6-8(11)3/h6-7H,4-5,13H2,1-3H3. The maximum Gasteiger partial charge on any atom is 0.243 e. The van der Waals surface area contributed by atoms with E-state index in [0.717, 1.165) is 6.07 Å². The van der Waals surface area contributed by atoms with E-state index < -0.39 is 15.8 Å². The smallest absolute Gasteiger partial charge is 0.243 e. The number of halogens is 1. The number of hydrogen-bond donors (Lipinski definition) is 1. The van der Waals surface area contributed by atoms with Crippen LogP contribution in [0.5, 0.6) is 0 Å². The van der Waals surface area contributed by atoms with E-state index in [0.29, 0.717) is 18.7 Å². The van der Waals surface area contributed by atoms with Gasteiger partial charge in [0.25, 0.3) is 0 Å². The number of nitrogen functional groups attached to an aromatic ring is 1. The number of nitrogens with two attached hydrogens (primary N) is 1. The number of rotatable bonds is 4. The number of hydrogen-bond acceptors (Lipinski definition) is 3. The van der Waals surface area contributed by atoms with Crippen LogP contribution in [0.25, 0.3) is 0 Å². The lowest BCUT2D eigenvalue weighted by molar-refractivity contribution is 0.444. The largest absolute Gasteiger partial charge is 0.396 e. The molecular formula is C11H17FN2O2S. The molecule has 0 saturated carbocycles. The molecule has 0 unspecified atom stereocenters. The predicted octanol–water partition coefficient (Wildman–Crippen LogP) is 1.75. The Bertz CT molecular complexity index is 510. The zero-order valence-corrected chi connectivity index (χ0v) is 11.0. The highest BCUT2D eigenvalue weighted by Crippen LogP contribution is 2.24. The maximum absolute atomic E-state index is 13.2. The monoisotopic (exact) mass is 260 g/mol. The molecule has 96 valence electrons. The van der Waals surface area contributed by atoms with Gasteiger partial charge in [-0.1, -0.05) is 13.8 Å². The Kier molecular flexibility index (Phi) is 4.11. The van der Waals surface area contributed by atoms with Gasteiger partial charge in [0.05, 0.1) is 10.6 Å². The van der Waals surface area contributed by atoms with Crippen molar-refractivity contribution >= 4 is 15.7 Å². The minimum Gasteiger partial charge on any atom is -0.396 e. The highest BCUT2D eigenvalue weighted by atomic mass is 32.2. The summed E-state index contributed by atoms with van der Waals surface area (Å²) in [6.07, 6.45) is 0. The van der Waals surface area contributed by atoms with Gasteiger partial charge in [0.2, 0.25) is 10.0 Å². The van der Waals surface area contributed by atoms with Gasteiger partial charge < -0.3 is 5.73 Å².